The number of rotatable bonds is 10. The lowest BCUT2D eigenvalue weighted by Crippen LogP contribution is -2.55. The monoisotopic (exact) mass is 456 g/mol. The van der Waals surface area contributed by atoms with Crippen molar-refractivity contribution in [3.05, 3.63) is 60.3 Å². The molecule has 0 N–H and O–H groups in total. The predicted molar refractivity (Wildman–Crippen MR) is 127 cm³/mol. The second-order valence-corrected chi connectivity index (χ2v) is 9.45. The number of hydrogen-bond acceptors (Lipinski definition) is 6. The van der Waals surface area contributed by atoms with E-state index in [1.807, 2.05) is 0 Å². The Balaban J connectivity index is 1.59. The fourth-order valence-electron chi connectivity index (χ4n) is 4.84. The Kier molecular flexibility index (Phi) is 8.27. The third kappa shape index (κ3) is 6.40. The largest absolute Gasteiger partial charge is 0.456 e. The summed E-state index contributed by atoms with van der Waals surface area (Å²) in [6, 6.07) is 0. The third-order valence-electron chi connectivity index (χ3n) is 6.62. The fourth-order valence-corrected chi connectivity index (χ4v) is 4.84. The second-order valence-electron chi connectivity index (χ2n) is 9.45. The molecule has 1 aliphatic carbocycles. The van der Waals surface area contributed by atoms with Crippen LogP contribution in [0.1, 0.15) is 47.0 Å². The Bertz CT molecular complexity index is 871. The molecule has 6 heteroatoms. The first kappa shape index (κ1) is 25.3. The zero-order valence-electron chi connectivity index (χ0n) is 20.3. The molecule has 3 aliphatic rings. The highest BCUT2D eigenvalue weighted by atomic mass is 16.6. The molecular formula is C27H36O6. The molecule has 1 saturated carbocycles. The second kappa shape index (κ2) is 10.8. The van der Waals surface area contributed by atoms with Crippen LogP contribution in [0.15, 0.2) is 60.3 Å². The van der Waals surface area contributed by atoms with Crippen LogP contribution in [0, 0.1) is 5.92 Å². The van der Waals surface area contributed by atoms with Crippen molar-refractivity contribution in [2.24, 2.45) is 5.92 Å². The Labute approximate surface area is 197 Å². The van der Waals surface area contributed by atoms with Gasteiger partial charge in [-0.2, -0.15) is 0 Å². The molecule has 2 heterocycles. The first-order valence-electron chi connectivity index (χ1n) is 11.6. The molecule has 2 aliphatic heterocycles. The van der Waals surface area contributed by atoms with Crippen LogP contribution in [-0.2, 0) is 28.5 Å². The maximum atomic E-state index is 12.4. The van der Waals surface area contributed by atoms with Gasteiger partial charge >= 0.3 is 5.97 Å². The zero-order chi connectivity index (χ0) is 24.1. The smallest absolute Gasteiger partial charge is 0.331 e. The summed E-state index contributed by atoms with van der Waals surface area (Å²) < 4.78 is 23.8. The molecule has 1 spiro atoms. The van der Waals surface area contributed by atoms with Gasteiger partial charge in [-0.05, 0) is 53.0 Å². The van der Waals surface area contributed by atoms with Crippen molar-refractivity contribution in [3.63, 3.8) is 0 Å². The number of carbonyl (C=O) groups is 2. The van der Waals surface area contributed by atoms with Gasteiger partial charge in [0, 0.05) is 13.2 Å². The molecule has 33 heavy (non-hydrogen) atoms. The summed E-state index contributed by atoms with van der Waals surface area (Å²) in [4.78, 5) is 23.3. The summed E-state index contributed by atoms with van der Waals surface area (Å²) in [7, 11) is 1.67. The van der Waals surface area contributed by atoms with Crippen molar-refractivity contribution >= 4 is 11.8 Å². The molecule has 6 nitrogen and oxygen atoms in total. The minimum atomic E-state index is -0.401. The maximum absolute atomic E-state index is 12.4. The van der Waals surface area contributed by atoms with Crippen LogP contribution < -0.4 is 0 Å². The van der Waals surface area contributed by atoms with Gasteiger partial charge in [-0.3, -0.25) is 4.79 Å². The van der Waals surface area contributed by atoms with Crippen LogP contribution in [0.2, 0.25) is 0 Å². The Hall–Kier alpha value is -2.28. The number of carbonyl (C=O) groups excluding carboxylic acids is 2. The van der Waals surface area contributed by atoms with E-state index in [2.05, 4.69) is 26.8 Å². The van der Waals surface area contributed by atoms with Crippen LogP contribution in [0.25, 0.3) is 0 Å². The Morgan fingerprint density at radius 1 is 1.03 bits per heavy atom. The molecule has 180 valence electrons. The van der Waals surface area contributed by atoms with Crippen molar-refractivity contribution in [1.82, 2.24) is 0 Å². The molecule has 0 bridgehead atoms. The number of hydrogen-bond donors (Lipinski definition) is 0. The van der Waals surface area contributed by atoms with E-state index in [0.717, 1.165) is 12.8 Å². The highest BCUT2D eigenvalue weighted by Crippen LogP contribution is 2.59. The summed E-state index contributed by atoms with van der Waals surface area (Å²) in [6.07, 6.45) is 17.3. The van der Waals surface area contributed by atoms with Crippen molar-refractivity contribution in [2.75, 3.05) is 13.7 Å². The highest BCUT2D eigenvalue weighted by Gasteiger charge is 2.72. The summed E-state index contributed by atoms with van der Waals surface area (Å²) in [5.74, 6) is -0.397. The van der Waals surface area contributed by atoms with E-state index in [1.54, 1.807) is 43.6 Å². The molecule has 0 radical (unpaired) electrons. The molecule has 0 aromatic carbocycles. The fraction of sp³-hybridized carbons (Fsp3) is 0.556. The SMILES string of the molecule is CO[C@@H]1[C@H](OC(=O)/C=C/C=C/C=C/C=C/C(C)=O)CC[C@]2(CO2)[C@H]1[C@@]1(C)O[C@@H]1CC=C(C)C. The average Bonchev–Trinajstić information content (AvgIpc) is 3.67. The minimum absolute atomic E-state index is 0.00425. The van der Waals surface area contributed by atoms with Gasteiger partial charge < -0.3 is 18.9 Å². The zero-order valence-corrected chi connectivity index (χ0v) is 20.3. The number of ketones is 1. The van der Waals surface area contributed by atoms with Crippen LogP contribution in [0.4, 0.5) is 0 Å². The summed E-state index contributed by atoms with van der Waals surface area (Å²) in [6.45, 7) is 8.50. The quantitative estimate of drug-likeness (QED) is 0.159. The van der Waals surface area contributed by atoms with Crippen molar-refractivity contribution in [3.8, 4) is 0 Å². The number of esters is 1. The van der Waals surface area contributed by atoms with Crippen LogP contribution >= 0.6 is 0 Å². The first-order valence-corrected chi connectivity index (χ1v) is 11.6. The van der Waals surface area contributed by atoms with E-state index < -0.39 is 5.97 Å². The standard InChI is InChI=1S/C27H36O6/c1-19(2)14-15-22-26(4,33-22)25-24(30-5)21(16-17-27(25)18-31-27)32-23(29)13-11-9-7-6-8-10-12-20(3)28/h6-14,21-22,24-25H,15-18H2,1-5H3/b8-6+,9-7+,12-10+,13-11+/t21-,22-,24-,25-,26+,27+/m1/s1. The number of ether oxygens (including phenoxy) is 4. The lowest BCUT2D eigenvalue weighted by Gasteiger charge is -2.42. The van der Waals surface area contributed by atoms with Crippen LogP contribution in [0.3, 0.4) is 0 Å². The normalized spacial score (nSPS) is 35.7. The highest BCUT2D eigenvalue weighted by molar-refractivity contribution is 5.87. The third-order valence-corrected chi connectivity index (χ3v) is 6.62. The maximum Gasteiger partial charge on any atom is 0.331 e. The molecule has 0 amide bonds. The predicted octanol–water partition coefficient (Wildman–Crippen LogP) is 4.42. The molecule has 0 unspecified atom stereocenters. The van der Waals surface area contributed by atoms with E-state index in [1.165, 1.54) is 24.6 Å². The van der Waals surface area contributed by atoms with E-state index >= 15 is 0 Å². The molecule has 2 saturated heterocycles. The number of epoxide rings is 2. The van der Waals surface area contributed by atoms with Crippen molar-refractivity contribution < 1.29 is 28.5 Å². The molecule has 0 aromatic rings. The Morgan fingerprint density at radius 3 is 2.24 bits per heavy atom. The van der Waals surface area contributed by atoms with Crippen molar-refractivity contribution in [2.45, 2.75) is 76.5 Å². The topological polar surface area (TPSA) is 77.7 Å². The minimum Gasteiger partial charge on any atom is -0.456 e. The van der Waals surface area contributed by atoms with E-state index in [-0.39, 0.29) is 41.2 Å². The molecule has 0 aromatic heterocycles. The van der Waals surface area contributed by atoms with Crippen molar-refractivity contribution in [1.29, 1.82) is 0 Å². The molecule has 3 fully saturated rings. The Morgan fingerprint density at radius 2 is 1.67 bits per heavy atom. The van der Waals surface area contributed by atoms with Gasteiger partial charge in [-0.1, -0.05) is 48.1 Å². The van der Waals surface area contributed by atoms with Gasteiger partial charge in [0.15, 0.2) is 5.78 Å². The van der Waals surface area contributed by atoms with Crippen LogP contribution in [0.5, 0.6) is 0 Å². The lowest BCUT2D eigenvalue weighted by atomic mass is 9.68. The van der Waals surface area contributed by atoms with E-state index in [9.17, 15) is 9.59 Å². The van der Waals surface area contributed by atoms with E-state index in [0.29, 0.717) is 13.0 Å². The van der Waals surface area contributed by atoms with Gasteiger partial charge in [0.2, 0.25) is 0 Å². The van der Waals surface area contributed by atoms with Gasteiger partial charge in [0.25, 0.3) is 0 Å². The van der Waals surface area contributed by atoms with Gasteiger partial charge in [-0.15, -0.1) is 0 Å². The average molecular weight is 457 g/mol. The summed E-state index contributed by atoms with van der Waals surface area (Å²) in [5, 5.41) is 0. The van der Waals surface area contributed by atoms with Gasteiger partial charge in [0.05, 0.1) is 18.6 Å². The number of allylic oxidation sites excluding steroid dienone is 8. The summed E-state index contributed by atoms with van der Waals surface area (Å²) >= 11 is 0. The molecule has 6 atom stereocenters. The van der Waals surface area contributed by atoms with Gasteiger partial charge in [-0.25, -0.2) is 4.79 Å². The first-order chi connectivity index (χ1) is 15.7. The lowest BCUT2D eigenvalue weighted by molar-refractivity contribution is -0.166. The van der Waals surface area contributed by atoms with Gasteiger partial charge in [0.1, 0.15) is 23.4 Å². The van der Waals surface area contributed by atoms with E-state index in [4.69, 9.17) is 18.9 Å². The molecular weight excluding hydrogens is 420 g/mol. The molecule has 3 rings (SSSR count). The summed E-state index contributed by atoms with van der Waals surface area (Å²) in [5.41, 5.74) is 0.684. The van der Waals surface area contributed by atoms with Crippen LogP contribution in [-0.4, -0.2) is 55.0 Å². The number of methoxy groups -OCH3 is 1.